The standard InChI is InChI=1S/C17H21BrN2O/c1-4-20-17(15-11-19-8-7-12(15)2)10-13-9-14(21-3)5-6-16(13)18/h5-9,11,17,20H,4,10H2,1-3H3. The van der Waals surface area contributed by atoms with Gasteiger partial charge in [0.15, 0.2) is 0 Å². The molecule has 1 atom stereocenters. The van der Waals surface area contributed by atoms with Gasteiger partial charge >= 0.3 is 0 Å². The van der Waals surface area contributed by atoms with Crippen molar-refractivity contribution in [3.8, 4) is 5.75 Å². The molecule has 0 aliphatic carbocycles. The number of methoxy groups -OCH3 is 1. The van der Waals surface area contributed by atoms with Gasteiger partial charge in [-0.15, -0.1) is 0 Å². The number of aromatic nitrogens is 1. The first-order chi connectivity index (χ1) is 10.2. The smallest absolute Gasteiger partial charge is 0.119 e. The molecule has 2 rings (SSSR count). The second kappa shape index (κ2) is 7.57. The lowest BCUT2D eigenvalue weighted by molar-refractivity contribution is 0.413. The Hall–Kier alpha value is -1.39. The molecule has 0 bridgehead atoms. The first-order valence-corrected chi connectivity index (χ1v) is 7.91. The normalized spacial score (nSPS) is 12.2. The summed E-state index contributed by atoms with van der Waals surface area (Å²) in [5, 5.41) is 3.55. The zero-order valence-electron chi connectivity index (χ0n) is 12.7. The van der Waals surface area contributed by atoms with E-state index in [9.17, 15) is 0 Å². The number of ether oxygens (including phenoxy) is 1. The van der Waals surface area contributed by atoms with E-state index >= 15 is 0 Å². The minimum absolute atomic E-state index is 0.243. The third-order valence-electron chi connectivity index (χ3n) is 3.58. The lowest BCUT2D eigenvalue weighted by Crippen LogP contribution is -2.24. The van der Waals surface area contributed by atoms with Gasteiger partial charge < -0.3 is 10.1 Å². The summed E-state index contributed by atoms with van der Waals surface area (Å²) in [5.74, 6) is 0.881. The molecule has 0 radical (unpaired) electrons. The predicted molar refractivity (Wildman–Crippen MR) is 89.8 cm³/mol. The fourth-order valence-corrected chi connectivity index (χ4v) is 2.84. The van der Waals surface area contributed by atoms with Crippen LogP contribution in [0.1, 0.15) is 29.7 Å². The third kappa shape index (κ3) is 4.05. The van der Waals surface area contributed by atoms with Crippen molar-refractivity contribution in [3.63, 3.8) is 0 Å². The maximum Gasteiger partial charge on any atom is 0.119 e. The van der Waals surface area contributed by atoms with Crippen molar-refractivity contribution in [1.29, 1.82) is 0 Å². The van der Waals surface area contributed by atoms with Gasteiger partial charge in [-0.1, -0.05) is 22.9 Å². The summed E-state index contributed by atoms with van der Waals surface area (Å²) in [4.78, 5) is 4.27. The summed E-state index contributed by atoms with van der Waals surface area (Å²) >= 11 is 3.63. The Bertz CT molecular complexity index is 601. The lowest BCUT2D eigenvalue weighted by Gasteiger charge is -2.21. The predicted octanol–water partition coefficient (Wildman–Crippen LogP) is 4.05. The van der Waals surface area contributed by atoms with Gasteiger partial charge in [0, 0.05) is 22.9 Å². The van der Waals surface area contributed by atoms with Crippen LogP contribution in [0, 0.1) is 6.92 Å². The molecule has 0 aliphatic heterocycles. The van der Waals surface area contributed by atoms with Crippen molar-refractivity contribution in [2.45, 2.75) is 26.3 Å². The average molecular weight is 349 g/mol. The van der Waals surface area contributed by atoms with E-state index in [0.717, 1.165) is 23.2 Å². The monoisotopic (exact) mass is 348 g/mol. The Morgan fingerprint density at radius 2 is 2.14 bits per heavy atom. The van der Waals surface area contributed by atoms with Crippen molar-refractivity contribution >= 4 is 15.9 Å². The Balaban J connectivity index is 2.30. The Labute approximate surface area is 134 Å². The molecule has 4 heteroatoms. The molecule has 1 heterocycles. The van der Waals surface area contributed by atoms with Crippen molar-refractivity contribution in [2.75, 3.05) is 13.7 Å². The van der Waals surface area contributed by atoms with Crippen LogP contribution in [0.15, 0.2) is 41.1 Å². The fourth-order valence-electron chi connectivity index (χ4n) is 2.43. The molecule has 3 nitrogen and oxygen atoms in total. The molecule has 0 fully saturated rings. The van der Waals surface area contributed by atoms with Crippen molar-refractivity contribution in [3.05, 3.63) is 57.8 Å². The van der Waals surface area contributed by atoms with Gasteiger partial charge in [0.05, 0.1) is 7.11 Å². The molecule has 112 valence electrons. The molecule has 21 heavy (non-hydrogen) atoms. The quantitative estimate of drug-likeness (QED) is 0.854. The highest BCUT2D eigenvalue weighted by Gasteiger charge is 2.15. The zero-order chi connectivity index (χ0) is 15.2. The van der Waals surface area contributed by atoms with Crippen LogP contribution in [-0.4, -0.2) is 18.6 Å². The molecule has 1 aromatic heterocycles. The van der Waals surface area contributed by atoms with Crippen molar-refractivity contribution < 1.29 is 4.74 Å². The number of hydrogen-bond acceptors (Lipinski definition) is 3. The summed E-state index contributed by atoms with van der Waals surface area (Å²) < 4.78 is 6.43. The molecule has 1 N–H and O–H groups in total. The number of nitrogens with one attached hydrogen (secondary N) is 1. The number of likely N-dealkylation sites (N-methyl/N-ethyl adjacent to an activating group) is 1. The van der Waals surface area contributed by atoms with Gasteiger partial charge in [-0.2, -0.15) is 0 Å². The Morgan fingerprint density at radius 3 is 2.81 bits per heavy atom. The number of halogens is 1. The molecule has 0 saturated carbocycles. The van der Waals surface area contributed by atoms with E-state index < -0.39 is 0 Å². The van der Waals surface area contributed by atoms with Crippen LogP contribution in [-0.2, 0) is 6.42 Å². The number of benzene rings is 1. The first-order valence-electron chi connectivity index (χ1n) is 7.12. The van der Waals surface area contributed by atoms with Gasteiger partial charge in [-0.25, -0.2) is 0 Å². The Morgan fingerprint density at radius 1 is 1.33 bits per heavy atom. The minimum atomic E-state index is 0.243. The summed E-state index contributed by atoms with van der Waals surface area (Å²) in [5.41, 5.74) is 3.73. The van der Waals surface area contributed by atoms with Crippen LogP contribution < -0.4 is 10.1 Å². The second-order valence-corrected chi connectivity index (χ2v) is 5.86. The fraction of sp³-hybridized carbons (Fsp3) is 0.353. The summed E-state index contributed by atoms with van der Waals surface area (Å²) in [7, 11) is 1.69. The maximum absolute atomic E-state index is 5.33. The van der Waals surface area contributed by atoms with Crippen LogP contribution in [0.5, 0.6) is 5.75 Å². The van der Waals surface area contributed by atoms with E-state index in [1.807, 2.05) is 24.5 Å². The number of hydrogen-bond donors (Lipinski definition) is 1. The summed E-state index contributed by atoms with van der Waals surface area (Å²) in [6.45, 7) is 5.17. The second-order valence-electron chi connectivity index (χ2n) is 5.00. The number of pyridine rings is 1. The molecular weight excluding hydrogens is 328 g/mol. The molecule has 0 amide bonds. The highest BCUT2D eigenvalue weighted by molar-refractivity contribution is 9.10. The zero-order valence-corrected chi connectivity index (χ0v) is 14.3. The van der Waals surface area contributed by atoms with Gasteiger partial charge in [-0.05, 0) is 60.8 Å². The summed E-state index contributed by atoms with van der Waals surface area (Å²) in [6, 6.07) is 8.38. The molecule has 0 aliphatic rings. The average Bonchev–Trinajstić information content (AvgIpc) is 2.49. The van der Waals surface area contributed by atoms with Crippen molar-refractivity contribution in [1.82, 2.24) is 10.3 Å². The largest absolute Gasteiger partial charge is 0.497 e. The van der Waals surface area contributed by atoms with Gasteiger partial charge in [0.1, 0.15) is 5.75 Å². The lowest BCUT2D eigenvalue weighted by atomic mass is 9.97. The van der Waals surface area contributed by atoms with Gasteiger partial charge in [-0.3, -0.25) is 4.98 Å². The van der Waals surface area contributed by atoms with E-state index in [2.05, 4.69) is 52.2 Å². The molecule has 1 unspecified atom stereocenters. The van der Waals surface area contributed by atoms with Crippen LogP contribution >= 0.6 is 15.9 Å². The molecule has 1 aromatic carbocycles. The van der Waals surface area contributed by atoms with Crippen LogP contribution in [0.25, 0.3) is 0 Å². The van der Waals surface area contributed by atoms with Gasteiger partial charge in [0.25, 0.3) is 0 Å². The van der Waals surface area contributed by atoms with Crippen LogP contribution in [0.2, 0.25) is 0 Å². The topological polar surface area (TPSA) is 34.1 Å². The van der Waals surface area contributed by atoms with E-state index in [4.69, 9.17) is 4.74 Å². The van der Waals surface area contributed by atoms with Crippen LogP contribution in [0.3, 0.4) is 0 Å². The van der Waals surface area contributed by atoms with E-state index in [1.165, 1.54) is 16.7 Å². The Kier molecular flexibility index (Phi) is 5.76. The number of aryl methyl sites for hydroxylation is 1. The van der Waals surface area contributed by atoms with Crippen molar-refractivity contribution in [2.24, 2.45) is 0 Å². The highest BCUT2D eigenvalue weighted by atomic mass is 79.9. The molecule has 0 saturated heterocycles. The molecule has 2 aromatic rings. The minimum Gasteiger partial charge on any atom is -0.497 e. The first kappa shape index (κ1) is 16.0. The third-order valence-corrected chi connectivity index (χ3v) is 4.36. The number of rotatable bonds is 6. The van der Waals surface area contributed by atoms with Crippen LogP contribution in [0.4, 0.5) is 0 Å². The SMILES string of the molecule is CCNC(Cc1cc(OC)ccc1Br)c1cnccc1C. The summed E-state index contributed by atoms with van der Waals surface area (Å²) in [6.07, 6.45) is 4.68. The molecule has 0 spiro atoms. The maximum atomic E-state index is 5.33. The number of nitrogens with zero attached hydrogens (tertiary/aromatic N) is 1. The molecular formula is C17H21BrN2O. The van der Waals surface area contributed by atoms with E-state index in [-0.39, 0.29) is 6.04 Å². The van der Waals surface area contributed by atoms with E-state index in [0.29, 0.717) is 0 Å². The van der Waals surface area contributed by atoms with E-state index in [1.54, 1.807) is 7.11 Å². The highest BCUT2D eigenvalue weighted by Crippen LogP contribution is 2.28. The van der Waals surface area contributed by atoms with Gasteiger partial charge in [0.2, 0.25) is 0 Å².